The minimum atomic E-state index is -1.48. The van der Waals surface area contributed by atoms with Crippen molar-refractivity contribution in [1.82, 2.24) is 0 Å². The van der Waals surface area contributed by atoms with Crippen LogP contribution in [0.4, 0.5) is 0 Å². The van der Waals surface area contributed by atoms with Gasteiger partial charge in [0, 0.05) is 6.61 Å². The second-order valence-electron chi connectivity index (χ2n) is 8.90. The second kappa shape index (κ2) is 11.4. The monoisotopic (exact) mass is 545 g/mol. The molecule has 1 radical (unpaired) electrons. The molecule has 0 saturated heterocycles. The Morgan fingerprint density at radius 1 is 1.00 bits per heavy atom. The summed E-state index contributed by atoms with van der Waals surface area (Å²) in [5.41, 5.74) is 6.87. The predicted molar refractivity (Wildman–Crippen MR) is 122 cm³/mol. The van der Waals surface area contributed by atoms with Crippen LogP contribution in [0.2, 0.25) is 19.6 Å². The third kappa shape index (κ3) is 6.01. The van der Waals surface area contributed by atoms with Crippen molar-refractivity contribution in [2.45, 2.75) is 46.3 Å². The molecule has 0 heterocycles. The van der Waals surface area contributed by atoms with Crippen molar-refractivity contribution in [1.29, 1.82) is 0 Å². The maximum atomic E-state index is 6.15. The fourth-order valence-electron chi connectivity index (χ4n) is 4.16. The van der Waals surface area contributed by atoms with E-state index in [9.17, 15) is 0 Å². The van der Waals surface area contributed by atoms with Crippen LogP contribution in [0.3, 0.4) is 0 Å². The van der Waals surface area contributed by atoms with E-state index in [1.54, 1.807) is 0 Å². The minimum absolute atomic E-state index is 0. The van der Waals surface area contributed by atoms with Gasteiger partial charge in [0.15, 0.2) is 8.32 Å². The summed E-state index contributed by atoms with van der Waals surface area (Å²) in [7, 11) is -1.48. The van der Waals surface area contributed by atoms with Crippen LogP contribution in [0.1, 0.15) is 37.8 Å². The Morgan fingerprint density at radius 3 is 2.39 bits per heavy atom. The van der Waals surface area contributed by atoms with E-state index in [1.165, 1.54) is 48.7 Å². The zero-order valence-corrected chi connectivity index (χ0v) is 23.9. The average molecular weight is 548 g/mol. The molecule has 0 aromatic heterocycles. The molecular formula is C26H29Cl2OSiZr. The van der Waals surface area contributed by atoms with Crippen LogP contribution in [0.25, 0.3) is 17.2 Å². The van der Waals surface area contributed by atoms with E-state index >= 15 is 0 Å². The number of fused-ring (bicyclic) bond motifs is 2. The van der Waals surface area contributed by atoms with Crippen molar-refractivity contribution in [3.63, 3.8) is 0 Å². The van der Waals surface area contributed by atoms with Gasteiger partial charge in [-0.3, -0.25) is 0 Å². The van der Waals surface area contributed by atoms with E-state index < -0.39 is 8.32 Å². The van der Waals surface area contributed by atoms with Gasteiger partial charge < -0.3 is 29.2 Å². The third-order valence-corrected chi connectivity index (χ3v) is 6.53. The van der Waals surface area contributed by atoms with Crippen molar-refractivity contribution in [2.24, 2.45) is 0 Å². The van der Waals surface area contributed by atoms with Crippen LogP contribution in [0.15, 0.2) is 54.1 Å². The zero-order valence-electron chi connectivity index (χ0n) is 18.9. The van der Waals surface area contributed by atoms with Crippen LogP contribution in [-0.2, 0) is 30.6 Å². The first-order valence-electron chi connectivity index (χ1n) is 10.2. The number of halogens is 2. The van der Waals surface area contributed by atoms with Gasteiger partial charge in [0.1, 0.15) is 0 Å². The van der Waals surface area contributed by atoms with Crippen LogP contribution in [0, 0.1) is 10.4 Å². The fourth-order valence-corrected chi connectivity index (χ4v) is 4.88. The summed E-state index contributed by atoms with van der Waals surface area (Å²) >= 11 is 0. The van der Waals surface area contributed by atoms with Gasteiger partial charge in [-0.2, -0.15) is 0 Å². The first kappa shape index (κ1) is 28.3. The molecule has 0 atom stereocenters. The molecule has 0 saturated carbocycles. The summed E-state index contributed by atoms with van der Waals surface area (Å²) in [6.07, 6.45) is 10.3. The molecule has 161 valence electrons. The fraction of sp³-hybridized carbons (Fsp3) is 0.308. The molecule has 0 aliphatic heterocycles. The van der Waals surface area contributed by atoms with Gasteiger partial charge in [-0.05, 0) is 51.9 Å². The molecule has 4 rings (SSSR count). The molecule has 2 aliphatic carbocycles. The largest absolute Gasteiger partial charge is 3.00 e. The van der Waals surface area contributed by atoms with Gasteiger partial charge in [0.2, 0.25) is 0 Å². The van der Waals surface area contributed by atoms with Crippen molar-refractivity contribution >= 4 is 25.5 Å². The maximum Gasteiger partial charge on any atom is 3.00 e. The predicted octanol–water partition coefficient (Wildman–Crippen LogP) is -0.856. The topological polar surface area (TPSA) is 9.23 Å². The number of hydrogen-bond donors (Lipinski definition) is 0. The molecule has 0 fully saturated rings. The summed E-state index contributed by atoms with van der Waals surface area (Å²) in [5, 5.41) is 5.17. The zero-order chi connectivity index (χ0) is 19.9. The summed E-state index contributed by atoms with van der Waals surface area (Å²) < 4.78 is 6.15. The van der Waals surface area contributed by atoms with Crippen LogP contribution in [0.5, 0.6) is 0 Å². The molecule has 0 N–H and O–H groups in total. The molecular weight excluding hydrogens is 519 g/mol. The van der Waals surface area contributed by atoms with Gasteiger partial charge in [0.25, 0.3) is 0 Å². The summed E-state index contributed by atoms with van der Waals surface area (Å²) in [5.74, 6) is 0. The first-order valence-corrected chi connectivity index (χ1v) is 13.6. The molecule has 31 heavy (non-hydrogen) atoms. The molecule has 0 spiro atoms. The Bertz CT molecular complexity index is 1220. The Kier molecular flexibility index (Phi) is 10.5. The average Bonchev–Trinajstić information content (AvgIpc) is 3.23. The van der Waals surface area contributed by atoms with Gasteiger partial charge in [-0.1, -0.05) is 64.4 Å². The van der Waals surface area contributed by atoms with Crippen LogP contribution in [-0.4, -0.2) is 14.9 Å². The summed E-state index contributed by atoms with van der Waals surface area (Å²) in [6.45, 7) is 12.0. The SMILES string of the molecule is CC(C)=c1ccc2c(c1C1=C(CCO[Si](C)(C)C)C=CC1)[C-]=c1ccccc1=2.[Cl-].[Cl-].[Zr+3]. The summed E-state index contributed by atoms with van der Waals surface area (Å²) in [6, 6.07) is 13.2. The van der Waals surface area contributed by atoms with Crippen molar-refractivity contribution in [3.8, 4) is 0 Å². The molecule has 0 unspecified atom stereocenters. The number of benzene rings is 2. The van der Waals surface area contributed by atoms with E-state index in [4.69, 9.17) is 4.43 Å². The Hall–Kier alpha value is -0.700. The van der Waals surface area contributed by atoms with Gasteiger partial charge in [-0.15, -0.1) is 33.4 Å². The third-order valence-electron chi connectivity index (χ3n) is 5.46. The maximum absolute atomic E-state index is 6.15. The number of rotatable bonds is 5. The first-order chi connectivity index (χ1) is 13.3. The van der Waals surface area contributed by atoms with Crippen molar-refractivity contribution < 1.29 is 55.4 Å². The minimum Gasteiger partial charge on any atom is -1.00 e. The van der Waals surface area contributed by atoms with E-state index in [0.29, 0.717) is 0 Å². The molecule has 0 amide bonds. The standard InChI is InChI=1S/C26H29OSi.2ClH.Zr/c1-18(2)21-13-14-24-22-11-7-6-9-20(22)17-25(24)26(21)23-12-8-10-19(23)15-16-27-28(3,4)5;;;/h6-11,13-14H,12,15-16H2,1-5H3;2*1H;/q-1;;;+3/p-2. The van der Waals surface area contributed by atoms with E-state index in [0.717, 1.165) is 19.4 Å². The van der Waals surface area contributed by atoms with E-state index in [-0.39, 0.29) is 51.0 Å². The molecule has 2 aromatic carbocycles. The smallest absolute Gasteiger partial charge is 1.00 e. The summed E-state index contributed by atoms with van der Waals surface area (Å²) in [4.78, 5) is 0. The molecule has 2 aliphatic rings. The number of hydrogen-bond acceptors (Lipinski definition) is 1. The van der Waals surface area contributed by atoms with Gasteiger partial charge in [-0.25, -0.2) is 0 Å². The Labute approximate surface area is 218 Å². The molecule has 0 bridgehead atoms. The van der Waals surface area contributed by atoms with Crippen LogP contribution < -0.4 is 35.3 Å². The van der Waals surface area contributed by atoms with Crippen molar-refractivity contribution in [2.75, 3.05) is 6.61 Å². The molecule has 2 aromatic rings. The van der Waals surface area contributed by atoms with Gasteiger partial charge >= 0.3 is 26.2 Å². The van der Waals surface area contributed by atoms with Crippen molar-refractivity contribution in [3.05, 3.63) is 86.1 Å². The second-order valence-corrected chi connectivity index (χ2v) is 13.4. The van der Waals surface area contributed by atoms with E-state index in [2.05, 4.69) is 88.1 Å². The van der Waals surface area contributed by atoms with E-state index in [1.807, 2.05) is 0 Å². The van der Waals surface area contributed by atoms with Gasteiger partial charge in [0.05, 0.1) is 0 Å². The number of allylic oxidation sites excluding steroid dienone is 3. The Balaban J connectivity index is 0.00000160. The Morgan fingerprint density at radius 2 is 1.71 bits per heavy atom. The molecule has 1 nitrogen and oxygen atoms in total. The normalized spacial score (nSPS) is 13.5. The quantitative estimate of drug-likeness (QED) is 0.299. The van der Waals surface area contributed by atoms with Crippen LogP contribution >= 0.6 is 0 Å². The molecule has 5 heteroatoms.